The number of rotatable bonds is 4. The molecule has 2 aromatic carbocycles. The highest BCUT2D eigenvalue weighted by atomic mass is 35.5. The van der Waals surface area contributed by atoms with E-state index in [9.17, 15) is 9.18 Å². The Kier molecular flexibility index (Phi) is 4.34. The van der Waals surface area contributed by atoms with Crippen molar-refractivity contribution < 1.29 is 9.18 Å². The number of nitrogens with one attached hydrogen (secondary N) is 1. The van der Waals surface area contributed by atoms with Crippen molar-refractivity contribution in [3.8, 4) is 0 Å². The van der Waals surface area contributed by atoms with Gasteiger partial charge in [-0.25, -0.2) is 14.1 Å². The number of carbonyl (C=O) groups is 1. The summed E-state index contributed by atoms with van der Waals surface area (Å²) in [7, 11) is 0. The van der Waals surface area contributed by atoms with E-state index in [1.165, 1.54) is 24.5 Å². The first-order chi connectivity index (χ1) is 11.1. The first kappa shape index (κ1) is 15.2. The second kappa shape index (κ2) is 6.58. The molecule has 1 amide bonds. The minimum absolute atomic E-state index is 0.0568. The van der Waals surface area contributed by atoms with Gasteiger partial charge in [0.05, 0.1) is 12.1 Å². The molecule has 0 saturated carbocycles. The predicted molar refractivity (Wildman–Crippen MR) is 84.9 cm³/mol. The van der Waals surface area contributed by atoms with Crippen LogP contribution >= 0.6 is 11.6 Å². The molecule has 0 aliphatic heterocycles. The number of aromatic nitrogens is 3. The van der Waals surface area contributed by atoms with Gasteiger partial charge in [-0.1, -0.05) is 35.9 Å². The Labute approximate surface area is 136 Å². The van der Waals surface area contributed by atoms with Crippen molar-refractivity contribution in [2.45, 2.75) is 6.54 Å². The average molecular weight is 331 g/mol. The van der Waals surface area contributed by atoms with Crippen molar-refractivity contribution in [3.63, 3.8) is 0 Å². The molecule has 116 valence electrons. The van der Waals surface area contributed by atoms with Crippen LogP contribution in [0.25, 0.3) is 0 Å². The van der Waals surface area contributed by atoms with Crippen molar-refractivity contribution in [2.75, 3.05) is 5.32 Å². The van der Waals surface area contributed by atoms with Gasteiger partial charge in [-0.05, 0) is 29.8 Å². The lowest BCUT2D eigenvalue weighted by Crippen LogP contribution is -2.15. The van der Waals surface area contributed by atoms with E-state index in [1.54, 1.807) is 16.8 Å². The van der Waals surface area contributed by atoms with Gasteiger partial charge < -0.3 is 0 Å². The summed E-state index contributed by atoms with van der Waals surface area (Å²) in [5.74, 6) is -1.08. The highest BCUT2D eigenvalue weighted by Gasteiger charge is 2.13. The Hall–Kier alpha value is -2.73. The molecule has 7 heteroatoms. The lowest BCUT2D eigenvalue weighted by atomic mass is 10.2. The topological polar surface area (TPSA) is 59.8 Å². The fourth-order valence-electron chi connectivity index (χ4n) is 2.06. The number of amides is 1. The maximum Gasteiger partial charge on any atom is 0.261 e. The molecule has 0 bridgehead atoms. The fraction of sp³-hybridized carbons (Fsp3) is 0.0625. The highest BCUT2D eigenvalue weighted by Crippen LogP contribution is 2.12. The normalized spacial score (nSPS) is 10.5. The molecule has 0 spiro atoms. The lowest BCUT2D eigenvalue weighted by molar-refractivity contribution is 0.102. The largest absolute Gasteiger partial charge is 0.289 e. The van der Waals surface area contributed by atoms with E-state index < -0.39 is 11.7 Å². The van der Waals surface area contributed by atoms with E-state index in [0.29, 0.717) is 11.6 Å². The SMILES string of the molecule is O=C(Nc1ncn(Cc2cccc(Cl)c2)n1)c1ccccc1F. The van der Waals surface area contributed by atoms with E-state index in [1.807, 2.05) is 18.2 Å². The van der Waals surface area contributed by atoms with E-state index >= 15 is 0 Å². The predicted octanol–water partition coefficient (Wildman–Crippen LogP) is 3.37. The van der Waals surface area contributed by atoms with E-state index in [2.05, 4.69) is 15.4 Å². The number of benzene rings is 2. The Bertz CT molecular complexity index is 849. The van der Waals surface area contributed by atoms with Gasteiger partial charge in [-0.2, -0.15) is 0 Å². The molecule has 0 aliphatic carbocycles. The molecule has 0 radical (unpaired) electrons. The second-order valence-corrected chi connectivity index (χ2v) is 5.27. The quantitative estimate of drug-likeness (QED) is 0.798. The van der Waals surface area contributed by atoms with Crippen LogP contribution in [0.4, 0.5) is 10.3 Å². The van der Waals surface area contributed by atoms with E-state index in [-0.39, 0.29) is 11.5 Å². The average Bonchev–Trinajstić information content (AvgIpc) is 2.94. The molecule has 1 heterocycles. The Morgan fingerprint density at radius 2 is 2.04 bits per heavy atom. The monoisotopic (exact) mass is 330 g/mol. The summed E-state index contributed by atoms with van der Waals surface area (Å²) in [5.41, 5.74) is 0.896. The van der Waals surface area contributed by atoms with Crippen molar-refractivity contribution in [1.29, 1.82) is 0 Å². The molecule has 0 saturated heterocycles. The van der Waals surface area contributed by atoms with Gasteiger partial charge in [0.1, 0.15) is 12.1 Å². The molecule has 23 heavy (non-hydrogen) atoms. The summed E-state index contributed by atoms with van der Waals surface area (Å²) >= 11 is 5.93. The maximum absolute atomic E-state index is 13.6. The van der Waals surface area contributed by atoms with Gasteiger partial charge in [-0.3, -0.25) is 10.1 Å². The molecule has 3 aromatic rings. The molecular weight excluding hydrogens is 319 g/mol. The first-order valence-electron chi connectivity index (χ1n) is 6.81. The van der Waals surface area contributed by atoms with E-state index in [4.69, 9.17) is 11.6 Å². The van der Waals surface area contributed by atoms with Crippen LogP contribution in [0.5, 0.6) is 0 Å². The summed E-state index contributed by atoms with van der Waals surface area (Å²) in [4.78, 5) is 16.0. The molecule has 1 N–H and O–H groups in total. The smallest absolute Gasteiger partial charge is 0.261 e. The van der Waals surface area contributed by atoms with Gasteiger partial charge in [0.15, 0.2) is 0 Å². The third-order valence-electron chi connectivity index (χ3n) is 3.11. The number of halogens is 2. The Morgan fingerprint density at radius 3 is 2.83 bits per heavy atom. The zero-order valence-corrected chi connectivity index (χ0v) is 12.7. The summed E-state index contributed by atoms with van der Waals surface area (Å²) in [6.45, 7) is 0.461. The van der Waals surface area contributed by atoms with Crippen LogP contribution in [0.2, 0.25) is 5.02 Å². The lowest BCUT2D eigenvalue weighted by Gasteiger charge is -2.03. The number of hydrogen-bond acceptors (Lipinski definition) is 3. The standard InChI is InChI=1S/C16H12ClFN4O/c17-12-5-3-4-11(8-12)9-22-10-19-16(21-22)20-15(23)13-6-1-2-7-14(13)18/h1-8,10H,9H2,(H,20,21,23). The third-order valence-corrected chi connectivity index (χ3v) is 3.35. The van der Waals surface area contributed by atoms with Crippen LogP contribution in [0.3, 0.4) is 0 Å². The summed E-state index contributed by atoms with van der Waals surface area (Å²) in [6.07, 6.45) is 1.48. The van der Waals surface area contributed by atoms with Crippen LogP contribution < -0.4 is 5.32 Å². The fourth-order valence-corrected chi connectivity index (χ4v) is 2.28. The van der Waals surface area contributed by atoms with Crippen LogP contribution in [-0.4, -0.2) is 20.7 Å². The minimum Gasteiger partial charge on any atom is -0.289 e. The Balaban J connectivity index is 1.70. The minimum atomic E-state index is -0.594. The summed E-state index contributed by atoms with van der Waals surface area (Å²) < 4.78 is 15.1. The van der Waals surface area contributed by atoms with Crippen LogP contribution in [-0.2, 0) is 6.54 Å². The zero-order chi connectivity index (χ0) is 16.2. The molecule has 0 atom stereocenters. The van der Waals surface area contributed by atoms with Gasteiger partial charge in [0, 0.05) is 5.02 Å². The molecule has 0 unspecified atom stereocenters. The van der Waals surface area contributed by atoms with E-state index in [0.717, 1.165) is 5.56 Å². The molecule has 3 rings (SSSR count). The van der Waals surface area contributed by atoms with Crippen molar-refractivity contribution in [3.05, 3.63) is 76.8 Å². The molecule has 1 aromatic heterocycles. The highest BCUT2D eigenvalue weighted by molar-refractivity contribution is 6.30. The van der Waals surface area contributed by atoms with Gasteiger partial charge >= 0.3 is 0 Å². The molecule has 5 nitrogen and oxygen atoms in total. The maximum atomic E-state index is 13.6. The van der Waals surface area contributed by atoms with Gasteiger partial charge in [0.2, 0.25) is 5.95 Å². The second-order valence-electron chi connectivity index (χ2n) is 4.83. The number of hydrogen-bond donors (Lipinski definition) is 1. The number of carbonyl (C=O) groups excluding carboxylic acids is 1. The first-order valence-corrected chi connectivity index (χ1v) is 7.19. The zero-order valence-electron chi connectivity index (χ0n) is 11.9. The number of anilines is 1. The van der Waals surface area contributed by atoms with Gasteiger partial charge in [0.25, 0.3) is 5.91 Å². The van der Waals surface area contributed by atoms with Crippen LogP contribution in [0.15, 0.2) is 54.9 Å². The molecule has 0 fully saturated rings. The molecule has 0 aliphatic rings. The summed E-state index contributed by atoms with van der Waals surface area (Å²) in [5, 5.41) is 7.24. The van der Waals surface area contributed by atoms with Crippen molar-refractivity contribution in [2.24, 2.45) is 0 Å². The van der Waals surface area contributed by atoms with Gasteiger partial charge in [-0.15, -0.1) is 5.10 Å². The van der Waals surface area contributed by atoms with Crippen LogP contribution in [0, 0.1) is 5.82 Å². The number of nitrogens with zero attached hydrogens (tertiary/aromatic N) is 3. The summed E-state index contributed by atoms with van der Waals surface area (Å²) in [6, 6.07) is 13.1. The van der Waals surface area contributed by atoms with Crippen molar-refractivity contribution >= 4 is 23.5 Å². The Morgan fingerprint density at radius 1 is 1.22 bits per heavy atom. The molecular formula is C16H12ClFN4O. The van der Waals surface area contributed by atoms with Crippen molar-refractivity contribution in [1.82, 2.24) is 14.8 Å². The third kappa shape index (κ3) is 3.73. The van der Waals surface area contributed by atoms with Crippen LogP contribution in [0.1, 0.15) is 15.9 Å².